The molecule has 0 saturated heterocycles. The number of aromatic nitrogens is 2. The zero-order valence-electron chi connectivity index (χ0n) is 46.1. The first kappa shape index (κ1) is 23.1. The zero-order valence-corrected chi connectivity index (χ0v) is 32.1. The number of rotatable bonds is 6. The molecule has 0 saturated carbocycles. The molecule has 0 spiro atoms. The first-order valence-corrected chi connectivity index (χ1v) is 19.6. The molecule has 0 atom stereocenters. The van der Waals surface area contributed by atoms with Crippen LogP contribution in [0.3, 0.4) is 0 Å². The summed E-state index contributed by atoms with van der Waals surface area (Å²) in [5.41, 5.74) is 2.44. The second-order valence-electron chi connectivity index (χ2n) is 14.8. The Kier molecular flexibility index (Phi) is 4.78. The molecule has 0 N–H and O–H groups in total. The highest BCUT2D eigenvalue weighted by atomic mass is 15.2. The van der Waals surface area contributed by atoms with E-state index in [1.807, 2.05) is 0 Å². The van der Waals surface area contributed by atoms with Crippen LogP contribution >= 0.6 is 0 Å². The number of benzene rings is 9. The molecule has 0 unspecified atom stereocenters. The average molecular weight is 803 g/mol. The highest BCUT2D eigenvalue weighted by Gasteiger charge is 2.26. The third-order valence-electron chi connectivity index (χ3n) is 11.6. The van der Waals surface area contributed by atoms with Gasteiger partial charge in [-0.25, -0.2) is 4.85 Å². The van der Waals surface area contributed by atoms with Crippen molar-refractivity contribution >= 4 is 116 Å². The lowest BCUT2D eigenvalue weighted by Gasteiger charge is -2.26. The fourth-order valence-corrected chi connectivity index (χ4v) is 9.07. The van der Waals surface area contributed by atoms with E-state index in [1.165, 1.54) is 8.80 Å². The van der Waals surface area contributed by atoms with Gasteiger partial charge < -0.3 is 18.6 Å². The fourth-order valence-electron chi connectivity index (χ4n) is 9.07. The third-order valence-corrected chi connectivity index (χ3v) is 11.6. The molecular formula is C56H32N6. The van der Waals surface area contributed by atoms with Gasteiger partial charge in [-0.2, -0.15) is 5.26 Å². The Bertz CT molecular complexity index is 4510. The van der Waals surface area contributed by atoms with Gasteiger partial charge in [0.1, 0.15) is 0 Å². The topological polar surface area (TPSA) is 43.5 Å². The first-order valence-electron chi connectivity index (χ1n) is 26.6. The molecule has 13 aromatic rings. The number of para-hydroxylation sites is 4. The van der Waals surface area contributed by atoms with Crippen LogP contribution < -0.4 is 9.80 Å². The lowest BCUT2D eigenvalue weighted by atomic mass is 10.0. The summed E-state index contributed by atoms with van der Waals surface area (Å²) in [4.78, 5) is 6.85. The van der Waals surface area contributed by atoms with Crippen molar-refractivity contribution in [3.05, 3.63) is 211 Å². The summed E-state index contributed by atoms with van der Waals surface area (Å²) in [6, 6.07) is 26.1. The van der Waals surface area contributed by atoms with Crippen LogP contribution in [0.15, 0.2) is 194 Å². The van der Waals surface area contributed by atoms with E-state index in [2.05, 4.69) is 10.9 Å². The molecule has 0 fully saturated rings. The Labute approximate surface area is 375 Å². The molecule has 0 aliphatic heterocycles. The second-order valence-corrected chi connectivity index (χ2v) is 14.8. The van der Waals surface area contributed by atoms with E-state index in [9.17, 15) is 24.5 Å². The van der Waals surface area contributed by atoms with E-state index in [0.29, 0.717) is 34.0 Å². The fraction of sp³-hybridized carbons (Fsp3) is 0. The lowest BCUT2D eigenvalue weighted by molar-refractivity contribution is 1.29. The van der Waals surface area contributed by atoms with Gasteiger partial charge in [0.2, 0.25) is 0 Å². The molecule has 6 heteroatoms. The van der Waals surface area contributed by atoms with Crippen molar-refractivity contribution in [2.24, 2.45) is 0 Å². The van der Waals surface area contributed by atoms with Crippen LogP contribution in [-0.2, 0) is 0 Å². The van der Waals surface area contributed by atoms with Gasteiger partial charge in [0, 0.05) is 65.8 Å². The number of nitriles is 1. The van der Waals surface area contributed by atoms with Crippen molar-refractivity contribution in [3.8, 4) is 6.07 Å². The van der Waals surface area contributed by atoms with Gasteiger partial charge in [0.25, 0.3) is 0 Å². The van der Waals surface area contributed by atoms with Crippen molar-refractivity contribution in [1.29, 1.82) is 5.26 Å². The normalized spacial score (nSPS) is 15.0. The highest BCUT2D eigenvalue weighted by molar-refractivity contribution is 6.31. The van der Waals surface area contributed by atoms with Crippen LogP contribution in [0, 0.1) is 17.9 Å². The van der Waals surface area contributed by atoms with E-state index >= 15 is 0 Å². The Morgan fingerprint density at radius 3 is 1.34 bits per heavy atom. The maximum absolute atomic E-state index is 10.4. The third kappa shape index (κ3) is 4.61. The SMILES string of the molecule is [2H]c1c([2H])c([2H])c2c(c1N(c1ccccc1)c1ccc(C#N)cc1)c1c([2H])c([2H])c([2H])c3c4c([2H])c5c(c([2H])c4n2c13)c1c([2H])c([2H])c([2H])c2c3c(N(c4ccccc4)c4ccc([N+]#[C-])cc4)c([2H])c([2H])c([2H])c3n5c21. The van der Waals surface area contributed by atoms with Crippen LogP contribution in [0.25, 0.3) is 81.0 Å². The van der Waals surface area contributed by atoms with E-state index in [1.54, 1.807) is 119 Å². The summed E-state index contributed by atoms with van der Waals surface area (Å²) in [7, 11) is 0. The summed E-state index contributed by atoms with van der Waals surface area (Å²) in [6.07, 6.45) is 0. The van der Waals surface area contributed by atoms with Crippen molar-refractivity contribution < 1.29 is 19.2 Å². The number of hydrogen-bond acceptors (Lipinski definition) is 3. The molecular weight excluding hydrogens is 757 g/mol. The van der Waals surface area contributed by atoms with Gasteiger partial charge in [0.05, 0.1) is 81.9 Å². The molecule has 6 nitrogen and oxygen atoms in total. The molecule has 0 aliphatic carbocycles. The smallest absolute Gasteiger partial charge is 0.187 e. The van der Waals surface area contributed by atoms with Crippen molar-refractivity contribution in [2.45, 2.75) is 0 Å². The summed E-state index contributed by atoms with van der Waals surface area (Å²) in [5.74, 6) is 0. The van der Waals surface area contributed by atoms with Crippen molar-refractivity contribution in [3.63, 3.8) is 0 Å². The average Bonchev–Trinajstić information content (AvgIpc) is 4.29. The van der Waals surface area contributed by atoms with Crippen molar-refractivity contribution in [2.75, 3.05) is 9.80 Å². The van der Waals surface area contributed by atoms with Crippen LogP contribution in [0.1, 0.15) is 24.8 Å². The predicted octanol–water partition coefficient (Wildman–Crippen LogP) is 15.3. The monoisotopic (exact) mass is 802 g/mol. The van der Waals surface area contributed by atoms with Crippen LogP contribution in [0.5, 0.6) is 0 Å². The summed E-state index contributed by atoms with van der Waals surface area (Å²) >= 11 is 0. The highest BCUT2D eigenvalue weighted by Crippen LogP contribution is 2.50. The van der Waals surface area contributed by atoms with E-state index in [-0.39, 0.29) is 99.6 Å². The minimum absolute atomic E-state index is 0.000700. The van der Waals surface area contributed by atoms with E-state index in [0.717, 1.165) is 0 Å². The first-order chi connectivity index (χ1) is 36.5. The molecule has 0 bridgehead atoms. The minimum Gasteiger partial charge on any atom is -0.310 e. The molecule has 0 aliphatic rings. The molecule has 0 amide bonds. The maximum Gasteiger partial charge on any atom is 0.187 e. The molecule has 62 heavy (non-hydrogen) atoms. The predicted molar refractivity (Wildman–Crippen MR) is 256 cm³/mol. The van der Waals surface area contributed by atoms with Gasteiger partial charge >= 0.3 is 0 Å². The molecule has 286 valence electrons. The van der Waals surface area contributed by atoms with Crippen molar-refractivity contribution in [1.82, 2.24) is 8.80 Å². The Balaban J connectivity index is 1.26. The largest absolute Gasteiger partial charge is 0.310 e. The minimum atomic E-state index is -0.571. The van der Waals surface area contributed by atoms with E-state index < -0.39 is 72.5 Å². The molecule has 4 heterocycles. The molecule has 9 aromatic carbocycles. The van der Waals surface area contributed by atoms with Crippen LogP contribution in [0.2, 0.25) is 0 Å². The van der Waals surface area contributed by atoms with Crippen LogP contribution in [-0.4, -0.2) is 8.80 Å². The van der Waals surface area contributed by atoms with Gasteiger partial charge in [0.15, 0.2) is 5.69 Å². The maximum atomic E-state index is 10.4. The number of nitrogens with zero attached hydrogens (tertiary/aromatic N) is 6. The second kappa shape index (κ2) is 12.8. The number of anilines is 6. The standard InChI is InChI=1S/C56H32N6/c1-58-36-26-30-40(31-27-36)60(38-14-6-3-7-15-38)48-21-11-23-50-54(48)44-19-9-17-42-46-32-51-45(33-52(46)62(50)56(42)44)41-16-8-18-43-53-47(20-10-22-49(53)61(51)55(41)43)59(37-12-4-2-5-13-37)39-28-24-35(34-57)25-29-39/h2-33H/i8D,9D,10D,11D,16D,17D,18D,19D,20D,21D,22D,23D,32D,33D. The molecule has 13 rings (SSSR count). The number of fused-ring (bicyclic) bond motifs is 12. The lowest BCUT2D eigenvalue weighted by Crippen LogP contribution is -2.10. The Morgan fingerprint density at radius 1 is 0.468 bits per heavy atom. The van der Waals surface area contributed by atoms with Gasteiger partial charge in [-0.05, 0) is 96.9 Å². The summed E-state index contributed by atoms with van der Waals surface area (Å²) in [5, 5.41) is 9.58. The van der Waals surface area contributed by atoms with Gasteiger partial charge in [-0.3, -0.25) is 0 Å². The van der Waals surface area contributed by atoms with Gasteiger partial charge in [-0.15, -0.1) is 0 Å². The van der Waals surface area contributed by atoms with Gasteiger partial charge in [-0.1, -0.05) is 96.9 Å². The summed E-state index contributed by atoms with van der Waals surface area (Å²) in [6.45, 7) is 7.60. The Morgan fingerprint density at radius 2 is 0.887 bits per heavy atom. The van der Waals surface area contributed by atoms with E-state index in [4.69, 9.17) is 6.57 Å². The Hall–Kier alpha value is -8.84. The molecule has 0 radical (unpaired) electrons. The quantitative estimate of drug-likeness (QED) is 0.157. The summed E-state index contributed by atoms with van der Waals surface area (Å²) < 4.78 is 138. The zero-order chi connectivity index (χ0) is 53.2. The number of hydrogen-bond donors (Lipinski definition) is 0. The molecule has 4 aromatic heterocycles. The van der Waals surface area contributed by atoms with Crippen LogP contribution in [0.4, 0.5) is 39.8 Å².